The Hall–Kier alpha value is -1.88. The van der Waals surface area contributed by atoms with Gasteiger partial charge in [-0.3, -0.25) is 4.79 Å². The first-order valence-electron chi connectivity index (χ1n) is 5.56. The summed E-state index contributed by atoms with van der Waals surface area (Å²) >= 11 is 0. The first-order chi connectivity index (χ1) is 8.38. The highest BCUT2D eigenvalue weighted by molar-refractivity contribution is 5.96. The maximum atomic E-state index is 12.1. The zero-order chi connectivity index (χ0) is 13.9. The van der Waals surface area contributed by atoms with Crippen LogP contribution in [-0.4, -0.2) is 46.7 Å². The number of likely N-dealkylation sites (N-methyl/N-ethyl adjacent to an activating group) is 1. The van der Waals surface area contributed by atoms with Crippen molar-refractivity contribution >= 4 is 11.9 Å². The number of aliphatic hydroxyl groups excluding tert-OH is 1. The molecule has 1 atom stereocenters. The van der Waals surface area contributed by atoms with Crippen LogP contribution in [0.4, 0.5) is 0 Å². The van der Waals surface area contributed by atoms with E-state index in [0.29, 0.717) is 5.56 Å². The summed E-state index contributed by atoms with van der Waals surface area (Å²) < 4.78 is 0. The first-order valence-corrected chi connectivity index (χ1v) is 5.56. The molecule has 0 aromatic heterocycles. The third-order valence-electron chi connectivity index (χ3n) is 3.00. The summed E-state index contributed by atoms with van der Waals surface area (Å²) in [5.41, 5.74) is 2.44. The summed E-state index contributed by atoms with van der Waals surface area (Å²) in [6.45, 7) is 3.20. The molecule has 5 heteroatoms. The SMILES string of the molecule is Cc1ccc(C(=O)N(C)C(CO)C(=O)O)cc1C. The Kier molecular flexibility index (Phi) is 4.44. The fourth-order valence-corrected chi connectivity index (χ4v) is 1.59. The standard InChI is InChI=1S/C13H17NO4/c1-8-4-5-10(6-9(8)2)12(16)14(3)11(7-15)13(17)18/h4-6,11,15H,7H2,1-3H3,(H,17,18). The quantitative estimate of drug-likeness (QED) is 0.830. The van der Waals surface area contributed by atoms with Gasteiger partial charge in [0.2, 0.25) is 0 Å². The van der Waals surface area contributed by atoms with Crippen molar-refractivity contribution < 1.29 is 19.8 Å². The molecule has 0 bridgehead atoms. The predicted octanol–water partition coefficient (Wildman–Crippen LogP) is 0.821. The molecule has 0 aliphatic rings. The normalized spacial score (nSPS) is 12.0. The molecule has 0 spiro atoms. The lowest BCUT2D eigenvalue weighted by molar-refractivity contribution is -0.143. The van der Waals surface area contributed by atoms with Crippen LogP contribution in [0.15, 0.2) is 18.2 Å². The predicted molar refractivity (Wildman–Crippen MR) is 66.5 cm³/mol. The molecule has 1 unspecified atom stereocenters. The van der Waals surface area contributed by atoms with Crippen molar-refractivity contribution in [2.75, 3.05) is 13.7 Å². The molecule has 5 nitrogen and oxygen atoms in total. The molecule has 0 fully saturated rings. The largest absolute Gasteiger partial charge is 0.480 e. The van der Waals surface area contributed by atoms with Gasteiger partial charge in [-0.1, -0.05) is 6.07 Å². The minimum absolute atomic E-state index is 0.417. The van der Waals surface area contributed by atoms with Crippen LogP contribution in [0.25, 0.3) is 0 Å². The van der Waals surface area contributed by atoms with Gasteiger partial charge in [-0.15, -0.1) is 0 Å². The second-order valence-corrected chi connectivity index (χ2v) is 4.25. The van der Waals surface area contributed by atoms with E-state index in [4.69, 9.17) is 10.2 Å². The van der Waals surface area contributed by atoms with Gasteiger partial charge in [0.25, 0.3) is 5.91 Å². The Labute approximate surface area is 106 Å². The zero-order valence-corrected chi connectivity index (χ0v) is 10.7. The van der Waals surface area contributed by atoms with Gasteiger partial charge in [0.1, 0.15) is 0 Å². The molecule has 0 aliphatic carbocycles. The van der Waals surface area contributed by atoms with Crippen LogP contribution in [0.5, 0.6) is 0 Å². The molecular formula is C13H17NO4. The van der Waals surface area contributed by atoms with Gasteiger partial charge in [0.05, 0.1) is 6.61 Å². The van der Waals surface area contributed by atoms with Crippen molar-refractivity contribution in [3.63, 3.8) is 0 Å². The number of carboxylic acid groups (broad SMARTS) is 1. The number of amides is 1. The second-order valence-electron chi connectivity index (χ2n) is 4.25. The highest BCUT2D eigenvalue weighted by Crippen LogP contribution is 2.12. The summed E-state index contributed by atoms with van der Waals surface area (Å²) in [7, 11) is 1.37. The van der Waals surface area contributed by atoms with Crippen LogP contribution in [0.1, 0.15) is 21.5 Å². The zero-order valence-electron chi connectivity index (χ0n) is 10.7. The van der Waals surface area contributed by atoms with Gasteiger partial charge in [-0.05, 0) is 37.1 Å². The van der Waals surface area contributed by atoms with E-state index in [1.165, 1.54) is 7.05 Å². The highest BCUT2D eigenvalue weighted by Gasteiger charge is 2.26. The van der Waals surface area contributed by atoms with E-state index in [-0.39, 0.29) is 0 Å². The van der Waals surface area contributed by atoms with E-state index >= 15 is 0 Å². The molecule has 0 saturated carbocycles. The maximum absolute atomic E-state index is 12.1. The summed E-state index contributed by atoms with van der Waals surface area (Å²) in [5.74, 6) is -1.64. The van der Waals surface area contributed by atoms with Gasteiger partial charge in [-0.25, -0.2) is 4.79 Å². The summed E-state index contributed by atoms with van der Waals surface area (Å²) in [6, 6.07) is 3.95. The Morgan fingerprint density at radius 2 is 1.89 bits per heavy atom. The van der Waals surface area contributed by atoms with Crippen LogP contribution >= 0.6 is 0 Å². The van der Waals surface area contributed by atoms with Gasteiger partial charge in [-0.2, -0.15) is 0 Å². The number of aliphatic hydroxyl groups is 1. The topological polar surface area (TPSA) is 77.8 Å². The highest BCUT2D eigenvalue weighted by atomic mass is 16.4. The number of hydrogen-bond acceptors (Lipinski definition) is 3. The van der Waals surface area contributed by atoms with Gasteiger partial charge >= 0.3 is 5.97 Å². The number of aliphatic carboxylic acids is 1. The van der Waals surface area contributed by atoms with E-state index in [1.807, 2.05) is 19.9 Å². The number of nitrogens with zero attached hydrogens (tertiary/aromatic N) is 1. The molecule has 1 aromatic rings. The average molecular weight is 251 g/mol. The van der Waals surface area contributed by atoms with Crippen LogP contribution in [-0.2, 0) is 4.79 Å². The average Bonchev–Trinajstić information content (AvgIpc) is 2.32. The van der Waals surface area contributed by atoms with Crippen molar-refractivity contribution in [2.24, 2.45) is 0 Å². The van der Waals surface area contributed by atoms with E-state index in [0.717, 1.165) is 16.0 Å². The summed E-state index contributed by atoms with van der Waals surface area (Å²) in [4.78, 5) is 24.0. The molecule has 18 heavy (non-hydrogen) atoms. The van der Waals surface area contributed by atoms with E-state index in [2.05, 4.69) is 0 Å². The fourth-order valence-electron chi connectivity index (χ4n) is 1.59. The molecule has 98 valence electrons. The molecule has 0 radical (unpaired) electrons. The van der Waals surface area contributed by atoms with Crippen LogP contribution in [0, 0.1) is 13.8 Å². The lowest BCUT2D eigenvalue weighted by Gasteiger charge is -2.23. The van der Waals surface area contributed by atoms with Crippen molar-refractivity contribution in [1.82, 2.24) is 4.90 Å². The third kappa shape index (κ3) is 2.87. The molecule has 1 aromatic carbocycles. The molecule has 0 aliphatic heterocycles. The van der Waals surface area contributed by atoms with Crippen LogP contribution < -0.4 is 0 Å². The van der Waals surface area contributed by atoms with Gasteiger partial charge in [0, 0.05) is 12.6 Å². The number of carbonyl (C=O) groups is 2. The Morgan fingerprint density at radius 1 is 1.28 bits per heavy atom. The van der Waals surface area contributed by atoms with E-state index in [9.17, 15) is 9.59 Å². The third-order valence-corrected chi connectivity index (χ3v) is 3.00. The lowest BCUT2D eigenvalue weighted by atomic mass is 10.1. The number of rotatable bonds is 4. The number of hydrogen-bond donors (Lipinski definition) is 2. The summed E-state index contributed by atoms with van der Waals surface area (Å²) in [6.07, 6.45) is 0. The Morgan fingerprint density at radius 3 is 2.33 bits per heavy atom. The Balaban J connectivity index is 2.99. The second kappa shape index (κ2) is 5.64. The maximum Gasteiger partial charge on any atom is 0.328 e. The molecule has 1 amide bonds. The number of aryl methyl sites for hydroxylation is 2. The molecular weight excluding hydrogens is 234 g/mol. The Bertz CT molecular complexity index is 470. The smallest absolute Gasteiger partial charge is 0.328 e. The number of benzene rings is 1. The van der Waals surface area contributed by atoms with Crippen LogP contribution in [0.2, 0.25) is 0 Å². The van der Waals surface area contributed by atoms with E-state index in [1.54, 1.807) is 12.1 Å². The van der Waals surface area contributed by atoms with Crippen LogP contribution in [0.3, 0.4) is 0 Å². The van der Waals surface area contributed by atoms with E-state index < -0.39 is 24.5 Å². The van der Waals surface area contributed by atoms with Crippen molar-refractivity contribution in [2.45, 2.75) is 19.9 Å². The molecule has 0 heterocycles. The van der Waals surface area contributed by atoms with Crippen molar-refractivity contribution in [1.29, 1.82) is 0 Å². The minimum Gasteiger partial charge on any atom is -0.480 e. The van der Waals surface area contributed by atoms with Crippen molar-refractivity contribution in [3.8, 4) is 0 Å². The lowest BCUT2D eigenvalue weighted by Crippen LogP contribution is -2.44. The molecule has 2 N–H and O–H groups in total. The fraction of sp³-hybridized carbons (Fsp3) is 0.385. The molecule has 1 rings (SSSR count). The number of carboxylic acids is 1. The number of carbonyl (C=O) groups excluding carboxylic acids is 1. The van der Waals surface area contributed by atoms with Gasteiger partial charge < -0.3 is 15.1 Å². The summed E-state index contributed by atoms with van der Waals surface area (Å²) in [5, 5.41) is 17.9. The molecule has 0 saturated heterocycles. The van der Waals surface area contributed by atoms with Gasteiger partial charge in [0.15, 0.2) is 6.04 Å². The monoisotopic (exact) mass is 251 g/mol. The minimum atomic E-state index is -1.22. The van der Waals surface area contributed by atoms with Crippen molar-refractivity contribution in [3.05, 3.63) is 34.9 Å². The first kappa shape index (κ1) is 14.2.